The number of aromatic nitrogens is 2. The van der Waals surface area contributed by atoms with Gasteiger partial charge in [-0.2, -0.15) is 23.5 Å². The summed E-state index contributed by atoms with van der Waals surface area (Å²) in [5.41, 5.74) is 0.172. The van der Waals surface area contributed by atoms with Gasteiger partial charge in [0.05, 0.1) is 11.6 Å². The molecule has 0 N–H and O–H groups in total. The molecule has 2 rings (SSSR count). The highest BCUT2D eigenvalue weighted by atomic mass is 35.5. The minimum absolute atomic E-state index is 0.0643. The van der Waals surface area contributed by atoms with E-state index in [9.17, 15) is 18.4 Å². The molecule has 3 nitrogen and oxygen atoms in total. The second-order valence-electron chi connectivity index (χ2n) is 6.67. The van der Waals surface area contributed by atoms with Crippen LogP contribution in [0.2, 0.25) is 5.15 Å². The molecule has 1 heterocycles. The molecule has 25 heavy (non-hydrogen) atoms. The van der Waals surface area contributed by atoms with Crippen molar-refractivity contribution in [3.63, 3.8) is 0 Å². The van der Waals surface area contributed by atoms with Crippen molar-refractivity contribution in [1.82, 2.24) is 9.78 Å². The summed E-state index contributed by atoms with van der Waals surface area (Å²) in [5, 5.41) is 12.6. The number of aryl methyl sites for hydroxylation is 1. The Morgan fingerprint density at radius 1 is 1.20 bits per heavy atom. The Morgan fingerprint density at radius 2 is 1.76 bits per heavy atom. The smallest absolute Gasteiger partial charge is 0.256 e. The quantitative estimate of drug-likeness (QED) is 0.662. The standard InChI is InChI=1S/C18H17ClF3N3/c1-17(2,3)13-7-5-11(6-8-13)12(10-23)9-14-15(18(20,21)22)24-25(4)16(14)19/h5-9H,1-4H3/b12-9+. The zero-order valence-electron chi connectivity index (χ0n) is 14.2. The summed E-state index contributed by atoms with van der Waals surface area (Å²) in [7, 11) is 1.32. The topological polar surface area (TPSA) is 41.6 Å². The molecule has 0 saturated carbocycles. The van der Waals surface area contributed by atoms with Crippen LogP contribution in [0.1, 0.15) is 43.2 Å². The van der Waals surface area contributed by atoms with E-state index in [2.05, 4.69) is 5.10 Å². The van der Waals surface area contributed by atoms with Crippen molar-refractivity contribution in [3.8, 4) is 6.07 Å². The van der Waals surface area contributed by atoms with Gasteiger partial charge in [-0.05, 0) is 22.6 Å². The second-order valence-corrected chi connectivity index (χ2v) is 7.03. The summed E-state index contributed by atoms with van der Waals surface area (Å²) in [6.07, 6.45) is -3.53. The maximum Gasteiger partial charge on any atom is 0.435 e. The highest BCUT2D eigenvalue weighted by Gasteiger charge is 2.38. The van der Waals surface area contributed by atoms with E-state index in [1.165, 1.54) is 7.05 Å². The zero-order valence-corrected chi connectivity index (χ0v) is 15.0. The predicted molar refractivity (Wildman–Crippen MR) is 91.8 cm³/mol. The van der Waals surface area contributed by atoms with Crippen LogP contribution >= 0.6 is 11.6 Å². The van der Waals surface area contributed by atoms with Crippen LogP contribution in [0.25, 0.3) is 11.6 Å². The summed E-state index contributed by atoms with van der Waals surface area (Å²) in [6.45, 7) is 6.15. The van der Waals surface area contributed by atoms with E-state index >= 15 is 0 Å². The lowest BCUT2D eigenvalue weighted by molar-refractivity contribution is -0.141. The van der Waals surface area contributed by atoms with Crippen molar-refractivity contribution in [1.29, 1.82) is 5.26 Å². The van der Waals surface area contributed by atoms with Crippen LogP contribution in [0.15, 0.2) is 24.3 Å². The third kappa shape index (κ3) is 4.05. The number of benzene rings is 1. The normalized spacial score (nSPS) is 13.0. The fraction of sp³-hybridized carbons (Fsp3) is 0.333. The van der Waals surface area contributed by atoms with Gasteiger partial charge in [-0.15, -0.1) is 0 Å². The van der Waals surface area contributed by atoms with Crippen LogP contribution in [0.4, 0.5) is 13.2 Å². The number of halogens is 4. The summed E-state index contributed by atoms with van der Waals surface area (Å²) in [5.74, 6) is 0. The molecule has 132 valence electrons. The number of nitriles is 1. The van der Waals surface area contributed by atoms with Crippen molar-refractivity contribution in [2.45, 2.75) is 32.4 Å². The Balaban J connectivity index is 2.54. The molecule has 0 atom stereocenters. The molecule has 0 radical (unpaired) electrons. The van der Waals surface area contributed by atoms with E-state index < -0.39 is 11.9 Å². The summed E-state index contributed by atoms with van der Waals surface area (Å²) >= 11 is 5.94. The van der Waals surface area contributed by atoms with Crippen LogP contribution < -0.4 is 0 Å². The Bertz CT molecular complexity index is 848. The number of hydrogen-bond donors (Lipinski definition) is 0. The highest BCUT2D eigenvalue weighted by Crippen LogP contribution is 2.36. The van der Waals surface area contributed by atoms with E-state index in [1.807, 2.05) is 39.0 Å². The maximum atomic E-state index is 13.1. The Hall–Kier alpha value is -2.26. The first-order valence-electron chi connectivity index (χ1n) is 7.47. The number of allylic oxidation sites excluding steroid dienone is 1. The Morgan fingerprint density at radius 3 is 2.20 bits per heavy atom. The molecule has 2 aromatic rings. The van der Waals surface area contributed by atoms with E-state index in [0.29, 0.717) is 5.56 Å². The molecular weight excluding hydrogens is 351 g/mol. The van der Waals surface area contributed by atoms with Gasteiger partial charge in [-0.1, -0.05) is 56.6 Å². The summed E-state index contributed by atoms with van der Waals surface area (Å²) in [4.78, 5) is 0. The van der Waals surface area contributed by atoms with E-state index in [-0.39, 0.29) is 21.7 Å². The van der Waals surface area contributed by atoms with Crippen LogP contribution in [0.3, 0.4) is 0 Å². The molecule has 0 saturated heterocycles. The van der Waals surface area contributed by atoms with Gasteiger partial charge < -0.3 is 0 Å². The number of hydrogen-bond acceptors (Lipinski definition) is 2. The van der Waals surface area contributed by atoms with Gasteiger partial charge in [0.25, 0.3) is 0 Å². The van der Waals surface area contributed by atoms with Crippen LogP contribution in [-0.2, 0) is 18.6 Å². The van der Waals surface area contributed by atoms with Gasteiger partial charge in [-0.25, -0.2) is 0 Å². The number of nitrogens with zero attached hydrogens (tertiary/aromatic N) is 3. The second kappa shape index (κ2) is 6.57. The van der Waals surface area contributed by atoms with Gasteiger partial charge >= 0.3 is 6.18 Å². The summed E-state index contributed by atoms with van der Waals surface area (Å²) in [6, 6.07) is 9.08. The first kappa shape index (κ1) is 19.1. The SMILES string of the molecule is Cn1nc(C(F)(F)F)c(/C=C(\C#N)c2ccc(C(C)(C)C)cc2)c1Cl. The van der Waals surface area contributed by atoms with Gasteiger partial charge in [0, 0.05) is 12.6 Å². The molecule has 0 aliphatic heterocycles. The third-order valence-electron chi connectivity index (χ3n) is 3.75. The van der Waals surface area contributed by atoms with Crippen molar-refractivity contribution >= 4 is 23.3 Å². The molecule has 1 aromatic carbocycles. The van der Waals surface area contributed by atoms with Crippen LogP contribution in [0.5, 0.6) is 0 Å². The maximum absolute atomic E-state index is 13.1. The molecule has 7 heteroatoms. The van der Waals surface area contributed by atoms with E-state index in [4.69, 9.17) is 11.6 Å². The fourth-order valence-corrected chi connectivity index (χ4v) is 2.51. The van der Waals surface area contributed by atoms with Crippen LogP contribution in [0, 0.1) is 11.3 Å². The minimum atomic E-state index is -4.66. The zero-order chi connectivity index (χ0) is 19.0. The third-order valence-corrected chi connectivity index (χ3v) is 4.20. The molecule has 0 aliphatic carbocycles. The monoisotopic (exact) mass is 367 g/mol. The molecule has 0 fully saturated rings. The van der Waals surface area contributed by atoms with Crippen molar-refractivity contribution in [3.05, 3.63) is 51.8 Å². The number of rotatable bonds is 2. The average Bonchev–Trinajstić information content (AvgIpc) is 2.80. The molecule has 0 aliphatic rings. The molecule has 0 bridgehead atoms. The lowest BCUT2D eigenvalue weighted by Gasteiger charge is -2.19. The van der Waals surface area contributed by atoms with E-state index in [1.54, 1.807) is 12.1 Å². The Labute approximate surface area is 149 Å². The minimum Gasteiger partial charge on any atom is -0.256 e. The summed E-state index contributed by atoms with van der Waals surface area (Å²) < 4.78 is 40.3. The molecule has 0 spiro atoms. The average molecular weight is 368 g/mol. The van der Waals surface area contributed by atoms with Gasteiger partial charge in [0.2, 0.25) is 0 Å². The lowest BCUT2D eigenvalue weighted by Crippen LogP contribution is -2.10. The van der Waals surface area contributed by atoms with E-state index in [0.717, 1.165) is 16.3 Å². The van der Waals surface area contributed by atoms with Gasteiger partial charge in [0.15, 0.2) is 5.69 Å². The Kier molecular flexibility index (Phi) is 5.01. The molecule has 0 amide bonds. The fourth-order valence-electron chi connectivity index (χ4n) is 2.33. The lowest BCUT2D eigenvalue weighted by atomic mass is 9.86. The highest BCUT2D eigenvalue weighted by molar-refractivity contribution is 6.31. The molecule has 1 aromatic heterocycles. The van der Waals surface area contributed by atoms with Gasteiger partial charge in [-0.3, -0.25) is 4.68 Å². The molecular formula is C18H17ClF3N3. The predicted octanol–water partition coefficient (Wildman–Crippen LogP) is 5.45. The van der Waals surface area contributed by atoms with Crippen molar-refractivity contribution in [2.24, 2.45) is 7.05 Å². The largest absolute Gasteiger partial charge is 0.435 e. The number of alkyl halides is 3. The first-order chi connectivity index (χ1) is 11.4. The van der Waals surface area contributed by atoms with Crippen molar-refractivity contribution in [2.75, 3.05) is 0 Å². The molecule has 0 unspecified atom stereocenters. The van der Waals surface area contributed by atoms with Crippen molar-refractivity contribution < 1.29 is 13.2 Å². The van der Waals surface area contributed by atoms with Crippen LogP contribution in [-0.4, -0.2) is 9.78 Å². The first-order valence-corrected chi connectivity index (χ1v) is 7.85. The van der Waals surface area contributed by atoms with Gasteiger partial charge in [0.1, 0.15) is 5.15 Å².